The van der Waals surface area contributed by atoms with Crippen LogP contribution in [0.4, 0.5) is 4.79 Å². The Morgan fingerprint density at radius 1 is 1.38 bits per heavy atom. The van der Waals surface area contributed by atoms with Gasteiger partial charge in [0.15, 0.2) is 0 Å². The molecule has 0 fully saturated rings. The van der Waals surface area contributed by atoms with E-state index < -0.39 is 11.7 Å². The van der Waals surface area contributed by atoms with E-state index in [1.165, 1.54) is 0 Å². The Morgan fingerprint density at radius 2 is 2.10 bits per heavy atom. The predicted molar refractivity (Wildman–Crippen MR) is 81.8 cm³/mol. The highest BCUT2D eigenvalue weighted by molar-refractivity contribution is 5.67. The Bertz CT molecular complexity index is 515. The minimum Gasteiger partial charge on any atom is -0.444 e. The summed E-state index contributed by atoms with van der Waals surface area (Å²) < 4.78 is 5.15. The maximum Gasteiger partial charge on any atom is 0.407 e. The van der Waals surface area contributed by atoms with Gasteiger partial charge in [0.1, 0.15) is 5.60 Å². The summed E-state index contributed by atoms with van der Waals surface area (Å²) in [4.78, 5) is 11.5. The van der Waals surface area contributed by atoms with Crippen molar-refractivity contribution in [1.29, 1.82) is 5.26 Å². The van der Waals surface area contributed by atoms with Gasteiger partial charge in [-0.15, -0.1) is 0 Å². The first-order valence-electron chi connectivity index (χ1n) is 7.02. The molecule has 0 saturated heterocycles. The van der Waals surface area contributed by atoms with Gasteiger partial charge in [0.2, 0.25) is 0 Å². The molecule has 0 aliphatic rings. The van der Waals surface area contributed by atoms with Crippen molar-refractivity contribution < 1.29 is 9.53 Å². The Morgan fingerprint density at radius 3 is 2.71 bits per heavy atom. The maximum atomic E-state index is 11.5. The SMILES string of the molecule is CC(NCCNC(=O)OC(C)(C)C)c1cccc(C#N)c1. The summed E-state index contributed by atoms with van der Waals surface area (Å²) in [5.41, 5.74) is 1.21. The van der Waals surface area contributed by atoms with Crippen LogP contribution >= 0.6 is 0 Å². The van der Waals surface area contributed by atoms with E-state index in [9.17, 15) is 4.79 Å². The average molecular weight is 289 g/mol. The van der Waals surface area contributed by atoms with E-state index in [-0.39, 0.29) is 6.04 Å². The van der Waals surface area contributed by atoms with Crippen LogP contribution in [0.25, 0.3) is 0 Å². The van der Waals surface area contributed by atoms with E-state index >= 15 is 0 Å². The summed E-state index contributed by atoms with van der Waals surface area (Å²) in [5.74, 6) is 0. The molecule has 1 aromatic rings. The smallest absolute Gasteiger partial charge is 0.407 e. The maximum absolute atomic E-state index is 11.5. The first-order chi connectivity index (χ1) is 9.81. The highest BCUT2D eigenvalue weighted by Crippen LogP contribution is 2.13. The molecule has 1 atom stereocenters. The van der Waals surface area contributed by atoms with Crippen molar-refractivity contribution >= 4 is 6.09 Å². The van der Waals surface area contributed by atoms with E-state index in [0.29, 0.717) is 18.7 Å². The molecular formula is C16H23N3O2. The third-order valence-corrected chi connectivity index (χ3v) is 2.76. The molecule has 1 rings (SSSR count). The largest absolute Gasteiger partial charge is 0.444 e. The van der Waals surface area contributed by atoms with Crippen LogP contribution in [-0.4, -0.2) is 24.8 Å². The highest BCUT2D eigenvalue weighted by atomic mass is 16.6. The molecule has 1 aromatic carbocycles. The van der Waals surface area contributed by atoms with Crippen molar-refractivity contribution in [3.05, 3.63) is 35.4 Å². The fourth-order valence-electron chi connectivity index (χ4n) is 1.76. The molecule has 0 heterocycles. The first kappa shape index (κ1) is 17.0. The standard InChI is InChI=1S/C16H23N3O2/c1-12(14-7-5-6-13(10-14)11-17)18-8-9-19-15(20)21-16(2,3)4/h5-7,10,12,18H,8-9H2,1-4H3,(H,19,20). The van der Waals surface area contributed by atoms with Crippen LogP contribution in [0.15, 0.2) is 24.3 Å². The van der Waals surface area contributed by atoms with E-state index in [1.807, 2.05) is 45.9 Å². The predicted octanol–water partition coefficient (Wildman–Crippen LogP) is 2.73. The van der Waals surface area contributed by atoms with Crippen molar-refractivity contribution in [2.45, 2.75) is 39.3 Å². The van der Waals surface area contributed by atoms with Crippen LogP contribution < -0.4 is 10.6 Å². The fourth-order valence-corrected chi connectivity index (χ4v) is 1.76. The molecule has 1 amide bonds. The fraction of sp³-hybridized carbons (Fsp3) is 0.500. The van der Waals surface area contributed by atoms with Crippen LogP contribution in [-0.2, 0) is 4.74 Å². The summed E-state index contributed by atoms with van der Waals surface area (Å²) in [6.07, 6.45) is -0.413. The number of carbonyl (C=O) groups is 1. The summed E-state index contributed by atoms with van der Waals surface area (Å²) in [6.45, 7) is 8.61. The molecule has 21 heavy (non-hydrogen) atoms. The molecule has 0 bridgehead atoms. The van der Waals surface area contributed by atoms with E-state index in [4.69, 9.17) is 10.00 Å². The van der Waals surface area contributed by atoms with Gasteiger partial charge in [0, 0.05) is 19.1 Å². The minimum absolute atomic E-state index is 0.110. The average Bonchev–Trinajstić information content (AvgIpc) is 2.41. The van der Waals surface area contributed by atoms with E-state index in [1.54, 1.807) is 6.07 Å². The Kier molecular flexibility index (Phi) is 6.19. The molecule has 0 radical (unpaired) electrons. The summed E-state index contributed by atoms with van der Waals surface area (Å²) in [5, 5.41) is 14.9. The molecular weight excluding hydrogens is 266 g/mol. The molecule has 5 nitrogen and oxygen atoms in total. The van der Waals surface area contributed by atoms with Gasteiger partial charge < -0.3 is 15.4 Å². The Balaban J connectivity index is 2.32. The van der Waals surface area contributed by atoms with E-state index in [2.05, 4.69) is 16.7 Å². The first-order valence-corrected chi connectivity index (χ1v) is 7.02. The normalized spacial score (nSPS) is 12.3. The molecule has 0 aliphatic heterocycles. The third kappa shape index (κ3) is 6.77. The van der Waals surface area contributed by atoms with Gasteiger partial charge in [-0.1, -0.05) is 12.1 Å². The molecule has 0 aliphatic carbocycles. The molecule has 0 spiro atoms. The number of hydrogen-bond acceptors (Lipinski definition) is 4. The van der Waals surface area contributed by atoms with Crippen LogP contribution in [0.5, 0.6) is 0 Å². The molecule has 2 N–H and O–H groups in total. The van der Waals surface area contributed by atoms with Gasteiger partial charge in [-0.05, 0) is 45.4 Å². The quantitative estimate of drug-likeness (QED) is 0.817. The lowest BCUT2D eigenvalue weighted by atomic mass is 10.1. The van der Waals surface area contributed by atoms with Crippen LogP contribution in [0.2, 0.25) is 0 Å². The molecule has 0 aromatic heterocycles. The monoisotopic (exact) mass is 289 g/mol. The van der Waals surface area contributed by atoms with Gasteiger partial charge in [-0.25, -0.2) is 4.79 Å². The van der Waals surface area contributed by atoms with Crippen molar-refractivity contribution in [3.8, 4) is 6.07 Å². The Hall–Kier alpha value is -2.06. The second-order valence-corrected chi connectivity index (χ2v) is 5.84. The lowest BCUT2D eigenvalue weighted by molar-refractivity contribution is 0.0528. The van der Waals surface area contributed by atoms with Crippen LogP contribution in [0.3, 0.4) is 0 Å². The van der Waals surface area contributed by atoms with Crippen molar-refractivity contribution in [2.75, 3.05) is 13.1 Å². The van der Waals surface area contributed by atoms with Crippen LogP contribution in [0.1, 0.15) is 44.9 Å². The zero-order valence-corrected chi connectivity index (χ0v) is 13.1. The zero-order valence-electron chi connectivity index (χ0n) is 13.1. The molecule has 114 valence electrons. The molecule has 1 unspecified atom stereocenters. The number of carbonyl (C=O) groups excluding carboxylic acids is 1. The molecule has 5 heteroatoms. The number of hydrogen-bond donors (Lipinski definition) is 2. The van der Waals surface area contributed by atoms with Crippen molar-refractivity contribution in [2.24, 2.45) is 0 Å². The van der Waals surface area contributed by atoms with Gasteiger partial charge >= 0.3 is 6.09 Å². The van der Waals surface area contributed by atoms with Gasteiger partial charge in [-0.3, -0.25) is 0 Å². The van der Waals surface area contributed by atoms with E-state index in [0.717, 1.165) is 5.56 Å². The number of nitrogens with one attached hydrogen (secondary N) is 2. The van der Waals surface area contributed by atoms with Crippen molar-refractivity contribution in [3.63, 3.8) is 0 Å². The lowest BCUT2D eigenvalue weighted by Crippen LogP contribution is -2.36. The number of alkyl carbamates (subject to hydrolysis) is 1. The number of benzene rings is 1. The summed E-state index contributed by atoms with van der Waals surface area (Å²) >= 11 is 0. The number of nitrogens with zero attached hydrogens (tertiary/aromatic N) is 1. The third-order valence-electron chi connectivity index (χ3n) is 2.76. The van der Waals surface area contributed by atoms with Gasteiger partial charge in [0.25, 0.3) is 0 Å². The molecule has 0 saturated carbocycles. The topological polar surface area (TPSA) is 74.2 Å². The van der Waals surface area contributed by atoms with Gasteiger partial charge in [0.05, 0.1) is 11.6 Å². The van der Waals surface area contributed by atoms with Gasteiger partial charge in [-0.2, -0.15) is 5.26 Å². The second-order valence-electron chi connectivity index (χ2n) is 5.84. The zero-order chi connectivity index (χ0) is 15.9. The number of nitriles is 1. The van der Waals surface area contributed by atoms with Crippen LogP contribution in [0, 0.1) is 11.3 Å². The second kappa shape index (κ2) is 7.65. The number of ether oxygens (including phenoxy) is 1. The van der Waals surface area contributed by atoms with Crippen molar-refractivity contribution in [1.82, 2.24) is 10.6 Å². The minimum atomic E-state index is -0.484. The summed E-state index contributed by atoms with van der Waals surface area (Å²) in [7, 11) is 0. The number of amides is 1. The Labute approximate surface area is 126 Å². The number of rotatable bonds is 5. The lowest BCUT2D eigenvalue weighted by Gasteiger charge is -2.20. The highest BCUT2D eigenvalue weighted by Gasteiger charge is 2.15. The summed E-state index contributed by atoms with van der Waals surface area (Å²) in [6, 6.07) is 9.71.